The summed E-state index contributed by atoms with van der Waals surface area (Å²) in [4.78, 5) is 2.68. The van der Waals surface area contributed by atoms with Crippen LogP contribution in [0.15, 0.2) is 30.3 Å². The fourth-order valence-corrected chi connectivity index (χ4v) is 2.85. The van der Waals surface area contributed by atoms with Gasteiger partial charge in [0.1, 0.15) is 0 Å². The first kappa shape index (κ1) is 11.7. The van der Waals surface area contributed by atoms with Crippen molar-refractivity contribution < 1.29 is 0 Å². The molecule has 0 radical (unpaired) electrons. The highest BCUT2D eigenvalue weighted by Gasteiger charge is 2.31. The minimum absolute atomic E-state index is 0.743. The predicted molar refractivity (Wildman–Crippen MR) is 69.3 cm³/mol. The number of nitrogens with zero attached hydrogens (tertiary/aromatic N) is 1. The van der Waals surface area contributed by atoms with Crippen LogP contribution in [0.2, 0.25) is 0 Å². The minimum atomic E-state index is 0.743. The second-order valence-corrected chi connectivity index (χ2v) is 5.40. The summed E-state index contributed by atoms with van der Waals surface area (Å²) in [6.45, 7) is 8.18. The Balaban J connectivity index is 2.07. The first-order chi connectivity index (χ1) is 7.68. The van der Waals surface area contributed by atoms with Crippen molar-refractivity contribution in [3.05, 3.63) is 35.9 Å². The lowest BCUT2D eigenvalue weighted by Gasteiger charge is -2.31. The molecular formula is C15H23N. The number of rotatable bonds is 3. The number of likely N-dealkylation sites (tertiary alicyclic amines) is 1. The molecule has 0 saturated carbocycles. The molecule has 0 aromatic heterocycles. The maximum Gasteiger partial charge on any atom is 0.0239 e. The molecule has 0 bridgehead atoms. The average Bonchev–Trinajstić information content (AvgIpc) is 2.62. The van der Waals surface area contributed by atoms with Crippen LogP contribution in [0.5, 0.6) is 0 Å². The molecule has 1 heteroatoms. The van der Waals surface area contributed by atoms with Crippen LogP contribution >= 0.6 is 0 Å². The molecule has 0 aliphatic carbocycles. The fraction of sp³-hybridized carbons (Fsp3) is 0.600. The summed E-state index contributed by atoms with van der Waals surface area (Å²) in [6.07, 6.45) is 2.72. The maximum absolute atomic E-state index is 2.68. The Morgan fingerprint density at radius 2 is 1.88 bits per heavy atom. The molecule has 1 aromatic carbocycles. The van der Waals surface area contributed by atoms with Crippen molar-refractivity contribution >= 4 is 0 Å². The van der Waals surface area contributed by atoms with Gasteiger partial charge in [0.25, 0.3) is 0 Å². The molecule has 2 atom stereocenters. The second kappa shape index (κ2) is 5.01. The molecule has 0 amide bonds. The van der Waals surface area contributed by atoms with Crippen molar-refractivity contribution in [2.24, 2.45) is 5.92 Å². The molecule has 0 unspecified atom stereocenters. The van der Waals surface area contributed by atoms with E-state index in [1.807, 2.05) is 0 Å². The smallest absolute Gasteiger partial charge is 0.0239 e. The number of benzene rings is 1. The topological polar surface area (TPSA) is 3.24 Å². The highest BCUT2D eigenvalue weighted by Crippen LogP contribution is 2.30. The van der Waals surface area contributed by atoms with Crippen molar-refractivity contribution in [2.75, 3.05) is 0 Å². The molecule has 0 N–H and O–H groups in total. The Morgan fingerprint density at radius 1 is 1.19 bits per heavy atom. The van der Waals surface area contributed by atoms with Crippen LogP contribution in [0.4, 0.5) is 0 Å². The first-order valence-electron chi connectivity index (χ1n) is 6.48. The van der Waals surface area contributed by atoms with Gasteiger partial charge in [0, 0.05) is 18.6 Å². The number of hydrogen-bond donors (Lipinski definition) is 0. The molecule has 1 aliphatic rings. The van der Waals surface area contributed by atoms with Crippen LogP contribution in [0, 0.1) is 5.92 Å². The van der Waals surface area contributed by atoms with Crippen LogP contribution in [-0.2, 0) is 6.54 Å². The molecular weight excluding hydrogens is 194 g/mol. The van der Waals surface area contributed by atoms with Gasteiger partial charge < -0.3 is 0 Å². The van der Waals surface area contributed by atoms with E-state index in [9.17, 15) is 0 Å². The van der Waals surface area contributed by atoms with Gasteiger partial charge in [-0.15, -0.1) is 0 Å². The quantitative estimate of drug-likeness (QED) is 0.746. The van der Waals surface area contributed by atoms with E-state index in [1.54, 1.807) is 0 Å². The molecule has 1 saturated heterocycles. The normalized spacial score (nSPS) is 26.5. The Labute approximate surface area is 99.5 Å². The summed E-state index contributed by atoms with van der Waals surface area (Å²) >= 11 is 0. The third kappa shape index (κ3) is 2.46. The highest BCUT2D eigenvalue weighted by molar-refractivity contribution is 5.15. The van der Waals surface area contributed by atoms with Gasteiger partial charge in [-0.2, -0.15) is 0 Å². The Hall–Kier alpha value is -0.820. The predicted octanol–water partition coefficient (Wildman–Crippen LogP) is 3.70. The molecule has 88 valence electrons. The lowest BCUT2D eigenvalue weighted by molar-refractivity contribution is 0.158. The second-order valence-electron chi connectivity index (χ2n) is 5.40. The molecule has 1 fully saturated rings. The molecule has 1 aromatic rings. The van der Waals surface area contributed by atoms with Gasteiger partial charge in [-0.05, 0) is 31.2 Å². The molecule has 16 heavy (non-hydrogen) atoms. The number of hydrogen-bond acceptors (Lipinski definition) is 1. The third-order valence-electron chi connectivity index (χ3n) is 3.85. The van der Waals surface area contributed by atoms with Crippen molar-refractivity contribution in [3.8, 4) is 0 Å². The standard InChI is InChI=1S/C15H23N/c1-12(2)15-10-9-13(3)16(15)11-14-7-5-4-6-8-14/h4-8,12-13,15H,9-11H2,1-3H3/t13-,15+/m0/s1. The molecule has 1 heterocycles. The van der Waals surface area contributed by atoms with Crippen LogP contribution in [0.1, 0.15) is 39.2 Å². The minimum Gasteiger partial charge on any atom is -0.293 e. The summed E-state index contributed by atoms with van der Waals surface area (Å²) < 4.78 is 0. The largest absolute Gasteiger partial charge is 0.293 e. The van der Waals surface area contributed by atoms with E-state index in [4.69, 9.17) is 0 Å². The van der Waals surface area contributed by atoms with Gasteiger partial charge in [-0.1, -0.05) is 44.2 Å². The van der Waals surface area contributed by atoms with E-state index >= 15 is 0 Å². The third-order valence-corrected chi connectivity index (χ3v) is 3.85. The van der Waals surface area contributed by atoms with Crippen LogP contribution in [0.3, 0.4) is 0 Å². The molecule has 0 spiro atoms. The Morgan fingerprint density at radius 3 is 2.50 bits per heavy atom. The van der Waals surface area contributed by atoms with E-state index in [1.165, 1.54) is 18.4 Å². The maximum atomic E-state index is 2.68. The van der Waals surface area contributed by atoms with E-state index in [0.717, 1.165) is 24.5 Å². The lowest BCUT2D eigenvalue weighted by atomic mass is 10.0. The molecule has 1 aliphatic heterocycles. The Kier molecular flexibility index (Phi) is 3.65. The zero-order valence-corrected chi connectivity index (χ0v) is 10.7. The highest BCUT2D eigenvalue weighted by atomic mass is 15.2. The summed E-state index contributed by atoms with van der Waals surface area (Å²) in [5, 5.41) is 0. The van der Waals surface area contributed by atoms with Crippen molar-refractivity contribution in [1.29, 1.82) is 0 Å². The summed E-state index contributed by atoms with van der Waals surface area (Å²) in [5.41, 5.74) is 1.45. The Bertz CT molecular complexity index is 317. The van der Waals surface area contributed by atoms with Gasteiger partial charge in [0.15, 0.2) is 0 Å². The summed E-state index contributed by atoms with van der Waals surface area (Å²) in [5.74, 6) is 0.772. The monoisotopic (exact) mass is 217 g/mol. The van der Waals surface area contributed by atoms with Gasteiger partial charge in [-0.25, -0.2) is 0 Å². The van der Waals surface area contributed by atoms with E-state index in [2.05, 4.69) is 56.0 Å². The first-order valence-corrected chi connectivity index (χ1v) is 6.48. The van der Waals surface area contributed by atoms with Crippen molar-refractivity contribution in [3.63, 3.8) is 0 Å². The van der Waals surface area contributed by atoms with Crippen LogP contribution < -0.4 is 0 Å². The van der Waals surface area contributed by atoms with Crippen LogP contribution in [0.25, 0.3) is 0 Å². The molecule has 1 nitrogen and oxygen atoms in total. The zero-order valence-electron chi connectivity index (χ0n) is 10.7. The van der Waals surface area contributed by atoms with Gasteiger partial charge in [0.05, 0.1) is 0 Å². The fourth-order valence-electron chi connectivity index (χ4n) is 2.85. The SMILES string of the molecule is CC(C)[C@H]1CC[C@H](C)N1Cc1ccccc1. The summed E-state index contributed by atoms with van der Waals surface area (Å²) in [6, 6.07) is 12.4. The summed E-state index contributed by atoms with van der Waals surface area (Å²) in [7, 11) is 0. The van der Waals surface area contributed by atoms with Crippen LogP contribution in [-0.4, -0.2) is 17.0 Å². The van der Waals surface area contributed by atoms with E-state index < -0.39 is 0 Å². The molecule has 2 rings (SSSR count). The lowest BCUT2D eigenvalue weighted by Crippen LogP contribution is -2.37. The zero-order chi connectivity index (χ0) is 11.5. The van der Waals surface area contributed by atoms with Gasteiger partial charge in [-0.3, -0.25) is 4.90 Å². The van der Waals surface area contributed by atoms with Crippen molar-refractivity contribution in [1.82, 2.24) is 4.90 Å². The average molecular weight is 217 g/mol. The van der Waals surface area contributed by atoms with E-state index in [-0.39, 0.29) is 0 Å². The van der Waals surface area contributed by atoms with Gasteiger partial charge in [0.2, 0.25) is 0 Å². The van der Waals surface area contributed by atoms with Crippen molar-refractivity contribution in [2.45, 2.75) is 52.2 Å². The van der Waals surface area contributed by atoms with Gasteiger partial charge >= 0.3 is 0 Å². The van der Waals surface area contributed by atoms with E-state index in [0.29, 0.717) is 0 Å².